The molecule has 0 saturated heterocycles. The van der Waals surface area contributed by atoms with Gasteiger partial charge in [-0.3, -0.25) is 9.35 Å². The van der Waals surface area contributed by atoms with Gasteiger partial charge in [-0.05, 0) is 32.1 Å². The molecule has 206 valence electrons. The Hall–Kier alpha value is -1.18. The Balaban J connectivity index is 4.19. The minimum Gasteiger partial charge on any atom is -0.387 e. The molecule has 0 aliphatic carbocycles. The fourth-order valence-corrected chi connectivity index (χ4v) is 4.73. The Kier molecular flexibility index (Phi) is 22.4. The number of unbranched alkanes of at least 4 members (excludes halogenated alkanes) is 14. The highest BCUT2D eigenvalue weighted by molar-refractivity contribution is 7.85. The molecule has 2 unspecified atom stereocenters. The van der Waals surface area contributed by atoms with E-state index >= 15 is 0 Å². The van der Waals surface area contributed by atoms with Gasteiger partial charge in [0.1, 0.15) is 0 Å². The molecule has 0 fully saturated rings. The lowest BCUT2D eigenvalue weighted by Crippen LogP contribution is -2.46. The first-order chi connectivity index (χ1) is 16.8. The van der Waals surface area contributed by atoms with Gasteiger partial charge in [0.15, 0.2) is 0 Å². The third kappa shape index (κ3) is 24.3. The molecule has 0 saturated carbocycles. The molecule has 0 aromatic heterocycles. The van der Waals surface area contributed by atoms with Crippen LogP contribution in [0.2, 0.25) is 0 Å². The second kappa shape index (κ2) is 23.2. The van der Waals surface area contributed by atoms with E-state index in [0.717, 1.165) is 32.1 Å². The van der Waals surface area contributed by atoms with Crippen LogP contribution in [-0.2, 0) is 14.9 Å². The zero-order chi connectivity index (χ0) is 26.2. The standard InChI is InChI=1S/C28H53NO5S/c1-3-5-7-9-11-13-14-16-18-20-22-24-28(31)29-26(25-35(32,33)34)27(30)23-21-19-17-15-12-10-8-6-4-2/h12,15,21,23,26-27,30H,3-11,13-14,16-20,22,24-25H2,1-2H3,(H,29,31)(H,32,33,34)/b15-12+,23-21+. The molecule has 0 aromatic carbocycles. The molecule has 0 heterocycles. The second-order valence-electron chi connectivity index (χ2n) is 9.67. The summed E-state index contributed by atoms with van der Waals surface area (Å²) < 4.78 is 32.0. The molecule has 6 nitrogen and oxygen atoms in total. The maximum absolute atomic E-state index is 12.3. The number of hydrogen-bond donors (Lipinski definition) is 3. The number of rotatable bonds is 24. The van der Waals surface area contributed by atoms with Gasteiger partial charge in [-0.15, -0.1) is 0 Å². The quantitative estimate of drug-likeness (QED) is 0.0737. The van der Waals surface area contributed by atoms with Crippen LogP contribution in [0.3, 0.4) is 0 Å². The number of amides is 1. The number of nitrogens with one attached hydrogen (secondary N) is 1. The first-order valence-electron chi connectivity index (χ1n) is 14.0. The Morgan fingerprint density at radius 3 is 1.80 bits per heavy atom. The molecule has 7 heteroatoms. The zero-order valence-corrected chi connectivity index (χ0v) is 23.2. The Labute approximate surface area is 215 Å². The van der Waals surface area contributed by atoms with E-state index in [1.165, 1.54) is 76.7 Å². The van der Waals surface area contributed by atoms with Crippen LogP contribution < -0.4 is 5.32 Å². The summed E-state index contributed by atoms with van der Waals surface area (Å²) in [5.74, 6) is -1.00. The Morgan fingerprint density at radius 1 is 0.743 bits per heavy atom. The summed E-state index contributed by atoms with van der Waals surface area (Å²) in [4.78, 5) is 12.3. The van der Waals surface area contributed by atoms with Crippen molar-refractivity contribution in [3.05, 3.63) is 24.3 Å². The van der Waals surface area contributed by atoms with Gasteiger partial charge in [0.25, 0.3) is 10.1 Å². The van der Waals surface area contributed by atoms with Gasteiger partial charge in [-0.25, -0.2) is 0 Å². The van der Waals surface area contributed by atoms with Crippen molar-refractivity contribution in [1.29, 1.82) is 0 Å². The predicted molar refractivity (Wildman–Crippen MR) is 147 cm³/mol. The summed E-state index contributed by atoms with van der Waals surface area (Å²) in [7, 11) is -4.33. The number of hydrogen-bond acceptors (Lipinski definition) is 4. The fourth-order valence-electron chi connectivity index (χ4n) is 3.99. The maximum Gasteiger partial charge on any atom is 0.267 e. The highest BCUT2D eigenvalue weighted by Crippen LogP contribution is 2.12. The molecule has 0 spiro atoms. The monoisotopic (exact) mass is 515 g/mol. The molecule has 0 radical (unpaired) electrons. The number of carbonyl (C=O) groups is 1. The molecule has 0 bridgehead atoms. The lowest BCUT2D eigenvalue weighted by Gasteiger charge is -2.21. The van der Waals surface area contributed by atoms with Crippen molar-refractivity contribution in [1.82, 2.24) is 5.32 Å². The smallest absolute Gasteiger partial charge is 0.267 e. The van der Waals surface area contributed by atoms with Crippen molar-refractivity contribution in [2.24, 2.45) is 0 Å². The van der Waals surface area contributed by atoms with E-state index in [2.05, 4.69) is 31.3 Å². The average Bonchev–Trinajstić information content (AvgIpc) is 2.80. The van der Waals surface area contributed by atoms with Crippen LogP contribution in [0.5, 0.6) is 0 Å². The Morgan fingerprint density at radius 2 is 1.23 bits per heavy atom. The van der Waals surface area contributed by atoms with E-state index in [-0.39, 0.29) is 12.3 Å². The van der Waals surface area contributed by atoms with E-state index in [1.807, 2.05) is 0 Å². The van der Waals surface area contributed by atoms with Gasteiger partial charge >= 0.3 is 0 Å². The Bertz CT molecular complexity index is 660. The van der Waals surface area contributed by atoms with Crippen LogP contribution in [0, 0.1) is 0 Å². The summed E-state index contributed by atoms with van der Waals surface area (Å²) >= 11 is 0. The lowest BCUT2D eigenvalue weighted by atomic mass is 10.0. The summed E-state index contributed by atoms with van der Waals surface area (Å²) in [6.45, 7) is 4.40. The molecule has 0 aromatic rings. The molecule has 0 rings (SSSR count). The summed E-state index contributed by atoms with van der Waals surface area (Å²) in [6, 6.07) is -1.06. The van der Waals surface area contributed by atoms with Crippen molar-refractivity contribution in [3.8, 4) is 0 Å². The first kappa shape index (κ1) is 33.8. The van der Waals surface area contributed by atoms with Crippen LogP contribution in [0.25, 0.3) is 0 Å². The van der Waals surface area contributed by atoms with E-state index in [0.29, 0.717) is 6.42 Å². The molecular formula is C28H53NO5S. The largest absolute Gasteiger partial charge is 0.387 e. The van der Waals surface area contributed by atoms with Crippen LogP contribution >= 0.6 is 0 Å². The van der Waals surface area contributed by atoms with Gasteiger partial charge in [0.05, 0.1) is 17.9 Å². The topological polar surface area (TPSA) is 104 Å². The normalized spacial score (nSPS) is 14.1. The van der Waals surface area contributed by atoms with Crippen molar-refractivity contribution in [3.63, 3.8) is 0 Å². The molecule has 2 atom stereocenters. The fraction of sp³-hybridized carbons (Fsp3) is 0.821. The second-order valence-corrected chi connectivity index (χ2v) is 11.2. The molecule has 0 aliphatic rings. The number of allylic oxidation sites excluding steroid dienone is 3. The minimum atomic E-state index is -4.33. The summed E-state index contributed by atoms with van der Waals surface area (Å²) in [6.07, 6.45) is 26.0. The summed E-state index contributed by atoms with van der Waals surface area (Å²) in [5.41, 5.74) is 0. The van der Waals surface area contributed by atoms with E-state index in [4.69, 9.17) is 0 Å². The lowest BCUT2D eigenvalue weighted by molar-refractivity contribution is -0.122. The number of carbonyl (C=O) groups excluding carboxylic acids is 1. The molecule has 35 heavy (non-hydrogen) atoms. The minimum absolute atomic E-state index is 0.290. The van der Waals surface area contributed by atoms with Gasteiger partial charge in [-0.2, -0.15) is 8.42 Å². The van der Waals surface area contributed by atoms with E-state index < -0.39 is 28.0 Å². The van der Waals surface area contributed by atoms with Gasteiger partial charge in [0.2, 0.25) is 5.91 Å². The molecular weight excluding hydrogens is 462 g/mol. The zero-order valence-electron chi connectivity index (χ0n) is 22.4. The third-order valence-corrected chi connectivity index (χ3v) is 6.91. The van der Waals surface area contributed by atoms with Crippen LogP contribution in [0.4, 0.5) is 0 Å². The van der Waals surface area contributed by atoms with Crippen molar-refractivity contribution < 1.29 is 22.9 Å². The molecule has 0 aliphatic heterocycles. The van der Waals surface area contributed by atoms with Crippen LogP contribution in [0.15, 0.2) is 24.3 Å². The predicted octanol–water partition coefficient (Wildman–Crippen LogP) is 6.89. The van der Waals surface area contributed by atoms with E-state index in [1.54, 1.807) is 6.08 Å². The molecule has 3 N–H and O–H groups in total. The van der Waals surface area contributed by atoms with Crippen molar-refractivity contribution in [2.45, 2.75) is 142 Å². The first-order valence-corrected chi connectivity index (χ1v) is 15.6. The summed E-state index contributed by atoms with van der Waals surface area (Å²) in [5, 5.41) is 13.0. The molecule has 1 amide bonds. The highest BCUT2D eigenvalue weighted by atomic mass is 32.2. The van der Waals surface area contributed by atoms with Crippen LogP contribution in [0.1, 0.15) is 129 Å². The number of aliphatic hydroxyl groups excluding tert-OH is 1. The maximum atomic E-state index is 12.3. The SMILES string of the molecule is CCCCC/C=C/CC/C=C/C(O)C(CS(=O)(=O)O)NC(=O)CCCCCCCCCCCCC. The van der Waals surface area contributed by atoms with Crippen LogP contribution in [-0.4, -0.2) is 41.9 Å². The van der Waals surface area contributed by atoms with Gasteiger partial charge in [-0.1, -0.05) is 115 Å². The van der Waals surface area contributed by atoms with E-state index in [9.17, 15) is 22.9 Å². The third-order valence-electron chi connectivity index (χ3n) is 6.13. The van der Waals surface area contributed by atoms with Crippen molar-refractivity contribution >= 4 is 16.0 Å². The number of aliphatic hydroxyl groups is 1. The highest BCUT2D eigenvalue weighted by Gasteiger charge is 2.24. The van der Waals surface area contributed by atoms with Gasteiger partial charge in [0, 0.05) is 6.42 Å². The van der Waals surface area contributed by atoms with Crippen molar-refractivity contribution in [2.75, 3.05) is 5.75 Å². The van der Waals surface area contributed by atoms with Gasteiger partial charge < -0.3 is 10.4 Å². The average molecular weight is 516 g/mol.